The van der Waals surface area contributed by atoms with Crippen LogP contribution in [0.4, 0.5) is 0 Å². The van der Waals surface area contributed by atoms with Crippen molar-refractivity contribution >= 4 is 16.8 Å². The molecule has 0 bridgehead atoms. The lowest BCUT2D eigenvalue weighted by molar-refractivity contribution is 0.343. The molecule has 92 valence electrons. The maximum Gasteiger partial charge on any atom is 0.119 e. The van der Waals surface area contributed by atoms with Crippen LogP contribution in [-0.4, -0.2) is 31.1 Å². The van der Waals surface area contributed by atoms with Gasteiger partial charge in [-0.15, -0.1) is 11.8 Å². The third-order valence-electron chi connectivity index (χ3n) is 2.52. The number of benzene rings is 1. The van der Waals surface area contributed by atoms with Crippen molar-refractivity contribution < 1.29 is 9.47 Å². The summed E-state index contributed by atoms with van der Waals surface area (Å²) in [7, 11) is 1.66. The van der Waals surface area contributed by atoms with Gasteiger partial charge in [0, 0.05) is 12.3 Å². The summed E-state index contributed by atoms with van der Waals surface area (Å²) in [6, 6.07) is 7.67. The average molecular weight is 251 g/mol. The Morgan fingerprint density at radius 2 is 2.00 bits per heavy atom. The van der Waals surface area contributed by atoms with Gasteiger partial charge in [-0.1, -0.05) is 0 Å². The highest BCUT2D eigenvalue weighted by Crippen LogP contribution is 2.18. The molecule has 3 nitrogen and oxygen atoms in total. The summed E-state index contributed by atoms with van der Waals surface area (Å²) in [5, 5.41) is 1.28. The van der Waals surface area contributed by atoms with E-state index in [0.717, 1.165) is 36.8 Å². The highest BCUT2D eigenvalue weighted by atomic mass is 32.2. The van der Waals surface area contributed by atoms with E-state index in [0.29, 0.717) is 0 Å². The first-order valence-corrected chi connectivity index (χ1v) is 6.80. The van der Waals surface area contributed by atoms with E-state index in [4.69, 9.17) is 9.47 Å². The van der Waals surface area contributed by atoms with Crippen molar-refractivity contribution in [2.24, 2.45) is 4.99 Å². The number of thioether (sulfide) groups is 1. The molecule has 1 aromatic rings. The van der Waals surface area contributed by atoms with Crippen molar-refractivity contribution in [1.29, 1.82) is 0 Å². The van der Waals surface area contributed by atoms with E-state index >= 15 is 0 Å². The number of nitrogens with zero attached hydrogens (tertiary/aromatic N) is 1. The topological polar surface area (TPSA) is 30.8 Å². The third kappa shape index (κ3) is 3.97. The van der Waals surface area contributed by atoms with Crippen LogP contribution in [-0.2, 0) is 0 Å². The first kappa shape index (κ1) is 12.3. The van der Waals surface area contributed by atoms with E-state index in [-0.39, 0.29) is 0 Å². The fourth-order valence-corrected chi connectivity index (χ4v) is 2.50. The van der Waals surface area contributed by atoms with Crippen LogP contribution >= 0.6 is 11.8 Å². The molecule has 0 N–H and O–H groups in total. The van der Waals surface area contributed by atoms with Gasteiger partial charge in [0.15, 0.2) is 0 Å². The molecule has 0 saturated carbocycles. The standard InChI is InChI=1S/C13H17NO2S/c1-15-11-4-6-12(7-5-11)16-9-10-17-13-3-2-8-14-13/h4-7H,2-3,8-10H2,1H3. The Balaban J connectivity index is 1.67. The second-order valence-corrected chi connectivity index (χ2v) is 4.92. The second kappa shape index (κ2) is 6.55. The molecule has 0 radical (unpaired) electrons. The number of methoxy groups -OCH3 is 1. The summed E-state index contributed by atoms with van der Waals surface area (Å²) < 4.78 is 10.7. The van der Waals surface area contributed by atoms with Gasteiger partial charge in [0.2, 0.25) is 0 Å². The van der Waals surface area contributed by atoms with Crippen LogP contribution in [0.3, 0.4) is 0 Å². The summed E-state index contributed by atoms with van der Waals surface area (Å²) in [5.41, 5.74) is 0. The number of ether oxygens (including phenoxy) is 2. The number of hydrogen-bond acceptors (Lipinski definition) is 4. The molecule has 1 aliphatic rings. The van der Waals surface area contributed by atoms with Crippen molar-refractivity contribution in [2.45, 2.75) is 12.8 Å². The second-order valence-electron chi connectivity index (χ2n) is 3.75. The molecule has 4 heteroatoms. The van der Waals surface area contributed by atoms with Gasteiger partial charge in [-0.05, 0) is 37.1 Å². The molecule has 1 aromatic carbocycles. The molecule has 0 spiro atoms. The SMILES string of the molecule is COc1ccc(OCCSC2=NCCC2)cc1. The molecule has 1 aliphatic heterocycles. The van der Waals surface area contributed by atoms with Crippen molar-refractivity contribution in [2.75, 3.05) is 26.0 Å². The molecular weight excluding hydrogens is 234 g/mol. The van der Waals surface area contributed by atoms with Gasteiger partial charge in [-0.2, -0.15) is 0 Å². The molecule has 0 atom stereocenters. The minimum Gasteiger partial charge on any atom is -0.497 e. The van der Waals surface area contributed by atoms with Gasteiger partial charge >= 0.3 is 0 Å². The van der Waals surface area contributed by atoms with Gasteiger partial charge in [0.25, 0.3) is 0 Å². The minimum atomic E-state index is 0.718. The van der Waals surface area contributed by atoms with Crippen LogP contribution in [0.1, 0.15) is 12.8 Å². The zero-order chi connectivity index (χ0) is 11.9. The summed E-state index contributed by atoms with van der Waals surface area (Å²) in [5.74, 6) is 2.71. The first-order valence-electron chi connectivity index (χ1n) is 5.81. The number of aliphatic imine (C=N–C) groups is 1. The van der Waals surface area contributed by atoms with Crippen molar-refractivity contribution in [3.8, 4) is 11.5 Å². The van der Waals surface area contributed by atoms with E-state index in [1.165, 1.54) is 11.5 Å². The molecule has 0 amide bonds. The molecule has 2 rings (SSSR count). The highest BCUT2D eigenvalue weighted by molar-refractivity contribution is 8.13. The Bertz CT molecular complexity index is 376. The zero-order valence-electron chi connectivity index (χ0n) is 10.0. The van der Waals surface area contributed by atoms with Crippen LogP contribution in [0.25, 0.3) is 0 Å². The lowest BCUT2D eigenvalue weighted by Gasteiger charge is -2.06. The largest absolute Gasteiger partial charge is 0.497 e. The van der Waals surface area contributed by atoms with E-state index in [9.17, 15) is 0 Å². The molecular formula is C13H17NO2S. The fraction of sp³-hybridized carbons (Fsp3) is 0.462. The summed E-state index contributed by atoms with van der Waals surface area (Å²) >= 11 is 1.81. The molecule has 0 fully saturated rings. The minimum absolute atomic E-state index is 0.718. The van der Waals surface area contributed by atoms with Gasteiger partial charge in [-0.25, -0.2) is 0 Å². The molecule has 0 aromatic heterocycles. The Labute approximate surface area is 106 Å². The van der Waals surface area contributed by atoms with E-state index < -0.39 is 0 Å². The molecule has 0 unspecified atom stereocenters. The zero-order valence-corrected chi connectivity index (χ0v) is 10.8. The van der Waals surface area contributed by atoms with E-state index in [1.54, 1.807) is 7.11 Å². The van der Waals surface area contributed by atoms with Crippen LogP contribution in [0.2, 0.25) is 0 Å². The highest BCUT2D eigenvalue weighted by Gasteiger charge is 2.06. The Morgan fingerprint density at radius 3 is 2.65 bits per heavy atom. The Hall–Kier alpha value is -1.16. The van der Waals surface area contributed by atoms with Gasteiger partial charge in [0.05, 0.1) is 18.8 Å². The monoisotopic (exact) mass is 251 g/mol. The number of hydrogen-bond donors (Lipinski definition) is 0. The lowest BCUT2D eigenvalue weighted by Crippen LogP contribution is -2.02. The Kier molecular flexibility index (Phi) is 4.74. The predicted octanol–water partition coefficient (Wildman–Crippen LogP) is 3.00. The lowest BCUT2D eigenvalue weighted by atomic mass is 10.3. The van der Waals surface area contributed by atoms with Crippen LogP contribution < -0.4 is 9.47 Å². The fourth-order valence-electron chi connectivity index (χ4n) is 1.62. The smallest absolute Gasteiger partial charge is 0.119 e. The van der Waals surface area contributed by atoms with Gasteiger partial charge in [-0.3, -0.25) is 4.99 Å². The maximum atomic E-state index is 5.63. The summed E-state index contributed by atoms with van der Waals surface area (Å²) in [6.07, 6.45) is 2.36. The van der Waals surface area contributed by atoms with E-state index in [2.05, 4.69) is 4.99 Å². The van der Waals surface area contributed by atoms with Crippen molar-refractivity contribution in [3.63, 3.8) is 0 Å². The predicted molar refractivity (Wildman–Crippen MR) is 72.5 cm³/mol. The van der Waals surface area contributed by atoms with Crippen LogP contribution in [0.15, 0.2) is 29.3 Å². The number of rotatable bonds is 5. The maximum absolute atomic E-state index is 5.63. The van der Waals surface area contributed by atoms with Crippen molar-refractivity contribution in [3.05, 3.63) is 24.3 Å². The third-order valence-corrected chi connectivity index (χ3v) is 3.55. The van der Waals surface area contributed by atoms with Crippen LogP contribution in [0.5, 0.6) is 11.5 Å². The molecule has 1 heterocycles. The summed E-state index contributed by atoms with van der Waals surface area (Å²) in [6.45, 7) is 1.72. The van der Waals surface area contributed by atoms with Gasteiger partial charge in [0.1, 0.15) is 11.5 Å². The molecule has 17 heavy (non-hydrogen) atoms. The summed E-state index contributed by atoms with van der Waals surface area (Å²) in [4.78, 5) is 4.41. The average Bonchev–Trinajstić information content (AvgIpc) is 2.88. The van der Waals surface area contributed by atoms with E-state index in [1.807, 2.05) is 36.0 Å². The quantitative estimate of drug-likeness (QED) is 0.754. The van der Waals surface area contributed by atoms with Gasteiger partial charge < -0.3 is 9.47 Å². The Morgan fingerprint density at radius 1 is 1.24 bits per heavy atom. The first-order chi connectivity index (χ1) is 8.38. The molecule has 0 aliphatic carbocycles. The molecule has 0 saturated heterocycles. The van der Waals surface area contributed by atoms with Crippen LogP contribution in [0, 0.1) is 0 Å². The van der Waals surface area contributed by atoms with Crippen molar-refractivity contribution in [1.82, 2.24) is 0 Å². The normalized spacial score (nSPS) is 14.5.